The molecule has 1 aromatic heterocycles. The molecule has 0 saturated carbocycles. The molecule has 0 unspecified atom stereocenters. The minimum atomic E-state index is -0.454. The number of aromatic nitrogens is 1. The summed E-state index contributed by atoms with van der Waals surface area (Å²) >= 11 is 8.92. The number of para-hydroxylation sites is 1. The minimum absolute atomic E-state index is 0.0713. The molecule has 4 aromatic rings. The maximum Gasteiger partial charge on any atom is 0.285 e. The van der Waals surface area contributed by atoms with E-state index in [9.17, 15) is 14.4 Å². The number of anilines is 2. The lowest BCUT2D eigenvalue weighted by molar-refractivity contribution is -0.112. The van der Waals surface area contributed by atoms with Crippen molar-refractivity contribution in [3.63, 3.8) is 0 Å². The summed E-state index contributed by atoms with van der Waals surface area (Å²) in [6, 6.07) is 22.0. The zero-order valence-electron chi connectivity index (χ0n) is 24.7. The highest BCUT2D eigenvalue weighted by Crippen LogP contribution is 2.46. The van der Waals surface area contributed by atoms with Gasteiger partial charge >= 0.3 is 0 Å². The number of nitrogens with one attached hydrogen (secondary N) is 1. The Hall–Kier alpha value is -4.38. The summed E-state index contributed by atoms with van der Waals surface area (Å²) in [5, 5.41) is 10.0. The molecule has 0 atom stereocenters. The van der Waals surface area contributed by atoms with Crippen molar-refractivity contribution in [1.82, 2.24) is 9.88 Å². The van der Waals surface area contributed by atoms with Crippen LogP contribution in [0.2, 0.25) is 5.02 Å². The van der Waals surface area contributed by atoms with Gasteiger partial charge in [0.25, 0.3) is 17.4 Å². The molecule has 0 saturated heterocycles. The van der Waals surface area contributed by atoms with Crippen LogP contribution < -0.4 is 30.0 Å². The monoisotopic (exact) mass is 655 g/mol. The first kappa shape index (κ1) is 30.6. The van der Waals surface area contributed by atoms with Gasteiger partial charge in [0, 0.05) is 29.1 Å². The standard InChI is InChI=1S/C34H30ClN5O3S2/c1-4-6-10-21-13-15-22(16-14-21)30(41)36-29-27(31(42)40(37-29)24-11-8-7-9-12-24)33-39(19-5-2)32(43)28(45-33)34-38(3)25-20-23(35)17-18-26(25)44-34/h5,7-9,11-18,20H,2,4,6,10,19H2,1,3H3,(H,36,37,41)/b33-27+,34-28-. The molecule has 0 radical (unpaired) electrons. The third-order valence-corrected chi connectivity index (χ3v) is 10.3. The molecule has 3 heterocycles. The van der Waals surface area contributed by atoms with Crippen molar-refractivity contribution < 1.29 is 9.59 Å². The predicted octanol–water partition coefficient (Wildman–Crippen LogP) is 5.34. The largest absolute Gasteiger partial charge is 0.337 e. The summed E-state index contributed by atoms with van der Waals surface area (Å²) in [4.78, 5) is 44.5. The number of carbonyl (C=O) groups excluding carboxylic acids is 2. The fourth-order valence-corrected chi connectivity index (χ4v) is 7.80. The quantitative estimate of drug-likeness (QED) is 0.272. The second-order valence-corrected chi connectivity index (χ2v) is 13.0. The van der Waals surface area contributed by atoms with Crippen molar-refractivity contribution >= 4 is 74.3 Å². The van der Waals surface area contributed by atoms with Crippen molar-refractivity contribution in [3.8, 4) is 0 Å². The summed E-state index contributed by atoms with van der Waals surface area (Å²) < 4.78 is 2.34. The number of amides is 2. The van der Waals surface area contributed by atoms with Crippen LogP contribution >= 0.6 is 34.7 Å². The smallest absolute Gasteiger partial charge is 0.285 e. The first-order valence-electron chi connectivity index (χ1n) is 14.5. The Kier molecular flexibility index (Phi) is 8.80. The lowest BCUT2D eigenvalue weighted by Gasteiger charge is -2.12. The summed E-state index contributed by atoms with van der Waals surface area (Å²) in [5.74, 6) is -0.787. The number of thiazole rings is 1. The van der Waals surface area contributed by atoms with E-state index in [0.717, 1.165) is 40.4 Å². The summed E-state index contributed by atoms with van der Waals surface area (Å²) in [6.07, 6.45) is 4.70. The Morgan fingerprint density at radius 2 is 1.82 bits per heavy atom. The second kappa shape index (κ2) is 12.9. The molecule has 1 N–H and O–H groups in total. The molecule has 0 spiro atoms. The van der Waals surface area contributed by atoms with Crippen molar-refractivity contribution in [1.29, 1.82) is 0 Å². The molecule has 0 fully saturated rings. The van der Waals surface area contributed by atoms with Gasteiger partial charge in [0.1, 0.15) is 19.8 Å². The number of halogens is 1. The number of nitrogens with zero attached hydrogens (tertiary/aromatic N) is 4. The third kappa shape index (κ3) is 5.88. The van der Waals surface area contributed by atoms with E-state index in [4.69, 9.17) is 11.6 Å². The van der Waals surface area contributed by atoms with Crippen molar-refractivity contribution in [3.05, 3.63) is 121 Å². The van der Waals surface area contributed by atoms with E-state index < -0.39 is 11.8 Å². The number of fused-ring (bicyclic) bond motifs is 1. The number of hydrogen-bond acceptors (Lipinski definition) is 7. The minimum Gasteiger partial charge on any atom is -0.337 e. The highest BCUT2D eigenvalue weighted by Gasteiger charge is 2.35. The van der Waals surface area contributed by atoms with Gasteiger partial charge in [0.2, 0.25) is 0 Å². The number of benzene rings is 3. The number of hydrogen-bond donors (Lipinski definition) is 1. The van der Waals surface area contributed by atoms with Crippen LogP contribution in [0.4, 0.5) is 11.4 Å². The van der Waals surface area contributed by atoms with E-state index in [1.54, 1.807) is 42.5 Å². The molecule has 11 heteroatoms. The molecular weight excluding hydrogens is 626 g/mol. The molecule has 2 aliphatic rings. The summed E-state index contributed by atoms with van der Waals surface area (Å²) in [5.41, 5.74) is 2.88. The molecule has 2 amide bonds. The SMILES string of the molecule is C=CCn1c(=O)/c(=C2/Sc3ccc(Cl)cc3N2C)s/c1=C1/C(=O)N(c2ccccc2)N=C1NC(=O)c1ccc(CCCC)cc1. The fourth-order valence-electron chi connectivity index (χ4n) is 5.16. The Morgan fingerprint density at radius 3 is 2.53 bits per heavy atom. The van der Waals surface area contributed by atoms with Crippen molar-refractivity contribution in [2.75, 3.05) is 17.0 Å². The van der Waals surface area contributed by atoms with Crippen LogP contribution in [0.1, 0.15) is 35.7 Å². The maximum atomic E-state index is 14.1. The van der Waals surface area contributed by atoms with Gasteiger partial charge in [-0.3, -0.25) is 19.0 Å². The average Bonchev–Trinajstić information content (AvgIpc) is 3.66. The molecule has 6 rings (SSSR count). The van der Waals surface area contributed by atoms with Crippen molar-refractivity contribution in [2.45, 2.75) is 37.6 Å². The number of rotatable bonds is 7. The van der Waals surface area contributed by atoms with Crippen LogP contribution in [-0.2, 0) is 17.8 Å². The van der Waals surface area contributed by atoms with Crippen LogP contribution in [-0.4, -0.2) is 29.3 Å². The number of thioether (sulfide) groups is 1. The topological polar surface area (TPSA) is 87.0 Å². The van der Waals surface area contributed by atoms with Crippen LogP contribution in [0.25, 0.3) is 10.6 Å². The summed E-state index contributed by atoms with van der Waals surface area (Å²) in [6.45, 7) is 6.15. The Morgan fingerprint density at radius 1 is 1.07 bits per heavy atom. The van der Waals surface area contributed by atoms with Crippen LogP contribution in [0.3, 0.4) is 0 Å². The molecule has 0 bridgehead atoms. The summed E-state index contributed by atoms with van der Waals surface area (Å²) in [7, 11) is 1.88. The number of unbranched alkanes of at least 4 members (excludes halogenated alkanes) is 1. The normalized spacial score (nSPS) is 16.6. The Bertz CT molecular complexity index is 2030. The molecule has 45 heavy (non-hydrogen) atoms. The second-order valence-electron chi connectivity index (χ2n) is 10.5. The van der Waals surface area contributed by atoms with E-state index in [0.29, 0.717) is 25.5 Å². The van der Waals surface area contributed by atoms with Crippen LogP contribution in [0, 0.1) is 0 Å². The highest BCUT2D eigenvalue weighted by molar-refractivity contribution is 8.08. The number of carbonyl (C=O) groups is 2. The van der Waals surface area contributed by atoms with Crippen LogP contribution in [0.15, 0.2) is 100 Å². The lowest BCUT2D eigenvalue weighted by atomic mass is 10.1. The fraction of sp³-hybridized carbons (Fsp3) is 0.176. The molecule has 0 aliphatic carbocycles. The number of aryl methyl sites for hydroxylation is 1. The Labute approximate surface area is 273 Å². The van der Waals surface area contributed by atoms with Gasteiger partial charge in [-0.2, -0.15) is 5.01 Å². The number of amidine groups is 1. The maximum absolute atomic E-state index is 14.1. The molecule has 2 aliphatic heterocycles. The molecule has 228 valence electrons. The van der Waals surface area contributed by atoms with Gasteiger partial charge in [-0.05, 0) is 60.9 Å². The van der Waals surface area contributed by atoms with Gasteiger partial charge in [-0.25, -0.2) is 0 Å². The van der Waals surface area contributed by atoms with Gasteiger partial charge in [0.15, 0.2) is 5.84 Å². The van der Waals surface area contributed by atoms with E-state index >= 15 is 0 Å². The molecule has 3 aromatic carbocycles. The van der Waals surface area contributed by atoms with E-state index in [1.165, 1.54) is 32.7 Å². The van der Waals surface area contributed by atoms with E-state index in [-0.39, 0.29) is 23.5 Å². The van der Waals surface area contributed by atoms with E-state index in [1.807, 2.05) is 48.3 Å². The van der Waals surface area contributed by atoms with E-state index in [2.05, 4.69) is 23.9 Å². The number of allylic oxidation sites excluding steroid dienone is 1. The zero-order valence-corrected chi connectivity index (χ0v) is 27.1. The Balaban J connectivity index is 1.49. The van der Waals surface area contributed by atoms with Gasteiger partial charge < -0.3 is 10.2 Å². The number of hydrazone groups is 1. The zero-order chi connectivity index (χ0) is 31.7. The highest BCUT2D eigenvalue weighted by atomic mass is 35.5. The molecule has 8 nitrogen and oxygen atoms in total. The van der Waals surface area contributed by atoms with Gasteiger partial charge in [-0.15, -0.1) is 23.0 Å². The van der Waals surface area contributed by atoms with Gasteiger partial charge in [-0.1, -0.05) is 73.1 Å². The van der Waals surface area contributed by atoms with Gasteiger partial charge in [0.05, 0.1) is 11.4 Å². The van der Waals surface area contributed by atoms with Crippen molar-refractivity contribution in [2.24, 2.45) is 5.10 Å². The van der Waals surface area contributed by atoms with Crippen LogP contribution in [0.5, 0.6) is 0 Å². The molecular formula is C34H30ClN5O3S2. The first-order chi connectivity index (χ1) is 21.8. The average molecular weight is 656 g/mol. The lowest BCUT2D eigenvalue weighted by Crippen LogP contribution is -2.38. The predicted molar refractivity (Wildman–Crippen MR) is 184 cm³/mol. The first-order valence-corrected chi connectivity index (χ1v) is 16.5. The third-order valence-electron chi connectivity index (χ3n) is 7.51.